The highest BCUT2D eigenvalue weighted by Gasteiger charge is 2.33. The summed E-state index contributed by atoms with van der Waals surface area (Å²) in [6, 6.07) is 12.1. The van der Waals surface area contributed by atoms with Gasteiger partial charge in [0.2, 0.25) is 0 Å². The number of nitrogens with zero attached hydrogens (tertiary/aromatic N) is 3. The van der Waals surface area contributed by atoms with Gasteiger partial charge in [-0.05, 0) is 30.3 Å². The Labute approximate surface area is 179 Å². The largest absolute Gasteiger partial charge is 0.491 e. The molecular weight excluding hydrogens is 406 g/mol. The molecule has 3 amide bonds. The third-order valence-corrected chi connectivity index (χ3v) is 5.81. The molecule has 0 unspecified atom stereocenters. The molecule has 2 heterocycles. The molecule has 2 aliphatic rings. The number of ether oxygens (including phenoxy) is 1. The highest BCUT2D eigenvalue weighted by Crippen LogP contribution is 2.24. The first kappa shape index (κ1) is 20.4. The van der Waals surface area contributed by atoms with Gasteiger partial charge in [-0.3, -0.25) is 24.2 Å². The van der Waals surface area contributed by atoms with Crippen molar-refractivity contribution in [1.82, 2.24) is 14.7 Å². The zero-order valence-electron chi connectivity index (χ0n) is 16.6. The number of fused-ring (bicyclic) bond motifs is 1. The number of carbonyl (C=O) groups is 3. The van der Waals surface area contributed by atoms with Crippen LogP contribution in [0.3, 0.4) is 0 Å². The van der Waals surface area contributed by atoms with Gasteiger partial charge in [0.1, 0.15) is 12.4 Å². The number of piperazine rings is 1. The normalized spacial score (nSPS) is 16.7. The summed E-state index contributed by atoms with van der Waals surface area (Å²) in [6.07, 6.45) is 0. The highest BCUT2D eigenvalue weighted by molar-refractivity contribution is 6.32. The van der Waals surface area contributed by atoms with E-state index in [1.807, 2.05) is 18.2 Å². The molecule has 0 N–H and O–H groups in total. The second kappa shape index (κ2) is 8.45. The van der Waals surface area contributed by atoms with Crippen LogP contribution in [0.2, 0.25) is 5.02 Å². The molecular formula is C22H22ClN3O4. The minimum Gasteiger partial charge on any atom is -0.491 e. The van der Waals surface area contributed by atoms with Crippen LogP contribution in [0.4, 0.5) is 0 Å². The standard InChI is InChI=1S/C22H22ClN3O4/c1-24-21(28)16-7-6-15(14-17(16)22(24)29)20(27)26-10-8-25(9-11-26)12-13-30-19-5-3-2-4-18(19)23/h2-7,14H,8-13H2,1H3. The molecule has 1 fully saturated rings. The molecule has 0 atom stereocenters. The summed E-state index contributed by atoms with van der Waals surface area (Å²) in [7, 11) is 1.45. The number of hydrogen-bond donors (Lipinski definition) is 0. The monoisotopic (exact) mass is 427 g/mol. The molecule has 7 nitrogen and oxygen atoms in total. The fraction of sp³-hybridized carbons (Fsp3) is 0.318. The molecule has 30 heavy (non-hydrogen) atoms. The van der Waals surface area contributed by atoms with Crippen LogP contribution >= 0.6 is 11.6 Å². The van der Waals surface area contributed by atoms with Crippen LogP contribution < -0.4 is 4.74 Å². The Morgan fingerprint density at radius 2 is 1.70 bits per heavy atom. The van der Waals surface area contributed by atoms with Gasteiger partial charge in [0.15, 0.2) is 0 Å². The number of hydrogen-bond acceptors (Lipinski definition) is 5. The average Bonchev–Trinajstić information content (AvgIpc) is 2.99. The minimum atomic E-state index is -0.368. The second-order valence-corrected chi connectivity index (χ2v) is 7.75. The molecule has 0 radical (unpaired) electrons. The van der Waals surface area contributed by atoms with Crippen LogP contribution in [-0.4, -0.2) is 78.8 Å². The van der Waals surface area contributed by atoms with Gasteiger partial charge < -0.3 is 9.64 Å². The summed E-state index contributed by atoms with van der Waals surface area (Å²) in [6.45, 7) is 3.93. The molecule has 0 aromatic heterocycles. The van der Waals surface area contributed by atoms with Crippen molar-refractivity contribution in [3.05, 3.63) is 64.2 Å². The Hall–Kier alpha value is -2.90. The van der Waals surface area contributed by atoms with Crippen molar-refractivity contribution in [2.24, 2.45) is 0 Å². The summed E-state index contributed by atoms with van der Waals surface area (Å²) in [5.41, 5.74) is 1.08. The first-order valence-electron chi connectivity index (χ1n) is 9.81. The van der Waals surface area contributed by atoms with Gasteiger partial charge in [-0.15, -0.1) is 0 Å². The molecule has 1 saturated heterocycles. The Balaban J connectivity index is 1.30. The number of benzene rings is 2. The fourth-order valence-electron chi connectivity index (χ4n) is 3.70. The van der Waals surface area contributed by atoms with Gasteiger partial charge >= 0.3 is 0 Å². The molecule has 4 rings (SSSR count). The minimum absolute atomic E-state index is 0.125. The maximum absolute atomic E-state index is 12.9. The lowest BCUT2D eigenvalue weighted by Crippen LogP contribution is -2.49. The third-order valence-electron chi connectivity index (χ3n) is 5.50. The molecule has 0 saturated carbocycles. The number of rotatable bonds is 5. The van der Waals surface area contributed by atoms with Gasteiger partial charge in [0.25, 0.3) is 17.7 Å². The summed E-state index contributed by atoms with van der Waals surface area (Å²) < 4.78 is 5.74. The maximum atomic E-state index is 12.9. The zero-order valence-corrected chi connectivity index (χ0v) is 17.4. The SMILES string of the molecule is CN1C(=O)c2ccc(C(=O)N3CCN(CCOc4ccccc4Cl)CC3)cc2C1=O. The quantitative estimate of drug-likeness (QED) is 0.685. The van der Waals surface area contributed by atoms with E-state index in [1.165, 1.54) is 13.1 Å². The van der Waals surface area contributed by atoms with Crippen molar-refractivity contribution in [3.8, 4) is 5.75 Å². The van der Waals surface area contributed by atoms with Gasteiger partial charge in [-0.2, -0.15) is 0 Å². The van der Waals surface area contributed by atoms with Crippen LogP contribution in [0.1, 0.15) is 31.1 Å². The molecule has 0 bridgehead atoms. The van der Waals surface area contributed by atoms with Crippen LogP contribution in [0, 0.1) is 0 Å². The highest BCUT2D eigenvalue weighted by atomic mass is 35.5. The number of para-hydroxylation sites is 1. The average molecular weight is 428 g/mol. The molecule has 2 aromatic rings. The van der Waals surface area contributed by atoms with E-state index in [-0.39, 0.29) is 17.7 Å². The first-order valence-corrected chi connectivity index (χ1v) is 10.2. The Morgan fingerprint density at radius 1 is 1.00 bits per heavy atom. The maximum Gasteiger partial charge on any atom is 0.261 e. The smallest absolute Gasteiger partial charge is 0.261 e. The first-order chi connectivity index (χ1) is 14.5. The lowest BCUT2D eigenvalue weighted by molar-refractivity contribution is 0.0619. The molecule has 0 aliphatic carbocycles. The fourth-order valence-corrected chi connectivity index (χ4v) is 3.89. The summed E-state index contributed by atoms with van der Waals surface area (Å²) >= 11 is 6.09. The van der Waals surface area contributed by atoms with Crippen LogP contribution in [-0.2, 0) is 0 Å². The molecule has 8 heteroatoms. The van der Waals surface area contributed by atoms with E-state index in [2.05, 4.69) is 4.90 Å². The van der Waals surface area contributed by atoms with Crippen molar-refractivity contribution < 1.29 is 19.1 Å². The van der Waals surface area contributed by atoms with Crippen molar-refractivity contribution in [1.29, 1.82) is 0 Å². The molecule has 2 aromatic carbocycles. The van der Waals surface area contributed by atoms with Crippen molar-refractivity contribution >= 4 is 29.3 Å². The Kier molecular flexibility index (Phi) is 5.74. The Morgan fingerprint density at radius 3 is 2.43 bits per heavy atom. The van der Waals surface area contributed by atoms with E-state index < -0.39 is 0 Å². The third kappa shape index (κ3) is 3.91. The second-order valence-electron chi connectivity index (χ2n) is 7.34. The summed E-state index contributed by atoms with van der Waals surface area (Å²) in [5.74, 6) is -0.155. The van der Waals surface area contributed by atoms with Crippen LogP contribution in [0.15, 0.2) is 42.5 Å². The predicted octanol–water partition coefficient (Wildman–Crippen LogP) is 2.40. The lowest BCUT2D eigenvalue weighted by atomic mass is 10.0. The topological polar surface area (TPSA) is 70.2 Å². The molecule has 2 aliphatic heterocycles. The number of halogens is 1. The van der Waals surface area contributed by atoms with Crippen molar-refractivity contribution in [3.63, 3.8) is 0 Å². The van der Waals surface area contributed by atoms with E-state index in [0.717, 1.165) is 24.5 Å². The summed E-state index contributed by atoms with van der Waals surface area (Å²) in [5, 5.41) is 0.591. The van der Waals surface area contributed by atoms with E-state index in [9.17, 15) is 14.4 Å². The van der Waals surface area contributed by atoms with E-state index in [1.54, 1.807) is 23.1 Å². The van der Waals surface area contributed by atoms with Crippen molar-refractivity contribution in [2.45, 2.75) is 0 Å². The van der Waals surface area contributed by atoms with E-state index in [0.29, 0.717) is 47.2 Å². The van der Waals surface area contributed by atoms with Crippen molar-refractivity contribution in [2.75, 3.05) is 46.4 Å². The number of carbonyl (C=O) groups excluding carboxylic acids is 3. The van der Waals surface area contributed by atoms with Gasteiger partial charge in [-0.1, -0.05) is 23.7 Å². The zero-order chi connectivity index (χ0) is 21.3. The molecule has 0 spiro atoms. The van der Waals surface area contributed by atoms with E-state index >= 15 is 0 Å². The molecule has 156 valence electrons. The lowest BCUT2D eigenvalue weighted by Gasteiger charge is -2.34. The van der Waals surface area contributed by atoms with Crippen LogP contribution in [0.25, 0.3) is 0 Å². The van der Waals surface area contributed by atoms with Crippen LogP contribution in [0.5, 0.6) is 5.75 Å². The number of imide groups is 1. The van der Waals surface area contributed by atoms with E-state index in [4.69, 9.17) is 16.3 Å². The number of amides is 3. The van der Waals surface area contributed by atoms with Gasteiger partial charge in [0, 0.05) is 45.3 Å². The Bertz CT molecular complexity index is 1000. The predicted molar refractivity (Wildman–Crippen MR) is 112 cm³/mol. The summed E-state index contributed by atoms with van der Waals surface area (Å²) in [4.78, 5) is 42.1. The van der Waals surface area contributed by atoms with Gasteiger partial charge in [-0.25, -0.2) is 0 Å². The van der Waals surface area contributed by atoms with Gasteiger partial charge in [0.05, 0.1) is 16.1 Å².